The van der Waals surface area contributed by atoms with E-state index in [1.54, 1.807) is 12.1 Å². The molecule has 1 saturated heterocycles. The van der Waals surface area contributed by atoms with Gasteiger partial charge in [0, 0.05) is 24.0 Å². The third kappa shape index (κ3) is 5.46. The van der Waals surface area contributed by atoms with Crippen LogP contribution in [0, 0.1) is 12.8 Å². The van der Waals surface area contributed by atoms with Gasteiger partial charge in [0.1, 0.15) is 0 Å². The highest BCUT2D eigenvalue weighted by Gasteiger charge is 2.33. The number of nitrogens with one attached hydrogen (secondary N) is 1. The number of piperidine rings is 1. The fraction of sp³-hybridized carbons (Fsp3) is 0.269. The van der Waals surface area contributed by atoms with Crippen molar-refractivity contribution in [3.63, 3.8) is 0 Å². The Kier molecular flexibility index (Phi) is 7.17. The van der Waals surface area contributed by atoms with Gasteiger partial charge >= 0.3 is 0 Å². The van der Waals surface area contributed by atoms with Crippen molar-refractivity contribution in [2.24, 2.45) is 5.92 Å². The van der Waals surface area contributed by atoms with Crippen LogP contribution < -0.4 is 5.32 Å². The van der Waals surface area contributed by atoms with Gasteiger partial charge in [0.15, 0.2) is 0 Å². The summed E-state index contributed by atoms with van der Waals surface area (Å²) in [5.74, 6) is -0.286. The van der Waals surface area contributed by atoms with Crippen LogP contribution in [0.2, 0.25) is 5.02 Å². The number of benzene rings is 3. The van der Waals surface area contributed by atoms with E-state index in [1.807, 2.05) is 61.5 Å². The predicted molar refractivity (Wildman–Crippen MR) is 131 cm³/mol. The molecule has 0 bridgehead atoms. The second-order valence-corrected chi connectivity index (χ2v) is 10.8. The molecule has 3 aromatic rings. The number of aryl methyl sites for hydroxylation is 1. The average molecular weight is 483 g/mol. The Hall–Kier alpha value is -2.67. The van der Waals surface area contributed by atoms with Crippen molar-refractivity contribution >= 4 is 27.5 Å². The lowest BCUT2D eigenvalue weighted by Gasteiger charge is -2.31. The van der Waals surface area contributed by atoms with Crippen LogP contribution in [0.15, 0.2) is 83.8 Å². The maximum absolute atomic E-state index is 13.2. The van der Waals surface area contributed by atoms with Crippen molar-refractivity contribution in [3.05, 3.63) is 101 Å². The van der Waals surface area contributed by atoms with E-state index in [-0.39, 0.29) is 22.8 Å². The van der Waals surface area contributed by atoms with Crippen LogP contribution >= 0.6 is 11.6 Å². The van der Waals surface area contributed by atoms with Crippen LogP contribution in [0.3, 0.4) is 0 Å². The number of rotatable bonds is 6. The summed E-state index contributed by atoms with van der Waals surface area (Å²) in [5, 5.41) is 3.70. The molecule has 0 aromatic heterocycles. The summed E-state index contributed by atoms with van der Waals surface area (Å²) in [6.07, 6.45) is 0.960. The highest BCUT2D eigenvalue weighted by Crippen LogP contribution is 2.27. The quantitative estimate of drug-likeness (QED) is 0.540. The lowest BCUT2D eigenvalue weighted by molar-refractivity contribution is -0.126. The average Bonchev–Trinajstić information content (AvgIpc) is 2.84. The first-order chi connectivity index (χ1) is 15.8. The van der Waals surface area contributed by atoms with Crippen LogP contribution in [-0.2, 0) is 14.8 Å². The van der Waals surface area contributed by atoms with Crippen LogP contribution in [0.1, 0.15) is 35.6 Å². The van der Waals surface area contributed by atoms with E-state index in [2.05, 4.69) is 5.32 Å². The lowest BCUT2D eigenvalue weighted by atomic mass is 9.94. The minimum absolute atomic E-state index is 0.0482. The van der Waals surface area contributed by atoms with Crippen LogP contribution in [0.5, 0.6) is 0 Å². The minimum atomic E-state index is -3.60. The first-order valence-electron chi connectivity index (χ1n) is 11.0. The smallest absolute Gasteiger partial charge is 0.243 e. The maximum Gasteiger partial charge on any atom is 0.243 e. The second kappa shape index (κ2) is 10.1. The van der Waals surface area contributed by atoms with Crippen LogP contribution in [-0.4, -0.2) is 31.7 Å². The maximum atomic E-state index is 13.2. The number of carbonyl (C=O) groups excluding carboxylic acids is 1. The van der Waals surface area contributed by atoms with Gasteiger partial charge in [-0.05, 0) is 55.2 Å². The molecule has 1 heterocycles. The first kappa shape index (κ1) is 23.5. The van der Waals surface area contributed by atoms with Crippen molar-refractivity contribution in [3.8, 4) is 0 Å². The van der Waals surface area contributed by atoms with Crippen LogP contribution in [0.4, 0.5) is 0 Å². The standard InChI is InChI=1S/C26H27ClN2O3S/c1-19-7-9-21(10-8-19)25(20-5-3-2-4-6-20)28-26(30)22-15-17-29(18-16-22)33(31,32)24-13-11-23(27)12-14-24/h2-14,22,25H,15-18H2,1H3,(H,28,30)/t25-/m0/s1. The molecule has 0 radical (unpaired) electrons. The second-order valence-electron chi connectivity index (χ2n) is 8.40. The summed E-state index contributed by atoms with van der Waals surface area (Å²) in [6, 6.07) is 24.0. The van der Waals surface area contributed by atoms with Crippen molar-refractivity contribution < 1.29 is 13.2 Å². The summed E-state index contributed by atoms with van der Waals surface area (Å²) >= 11 is 5.89. The number of hydrogen-bond acceptors (Lipinski definition) is 3. The summed E-state index contributed by atoms with van der Waals surface area (Å²) in [6.45, 7) is 2.65. The lowest BCUT2D eigenvalue weighted by Crippen LogP contribution is -2.43. The molecule has 1 aliphatic heterocycles. The molecule has 0 spiro atoms. The van der Waals surface area contributed by atoms with Gasteiger partial charge in [0.2, 0.25) is 15.9 Å². The Morgan fingerprint density at radius 3 is 2.09 bits per heavy atom. The van der Waals surface area contributed by atoms with Gasteiger partial charge in [0.05, 0.1) is 10.9 Å². The number of nitrogens with zero attached hydrogens (tertiary/aromatic N) is 1. The summed E-state index contributed by atoms with van der Waals surface area (Å²) in [5.41, 5.74) is 3.19. The highest BCUT2D eigenvalue weighted by molar-refractivity contribution is 7.89. The zero-order chi connectivity index (χ0) is 23.4. The van der Waals surface area contributed by atoms with Gasteiger partial charge < -0.3 is 5.32 Å². The number of sulfonamides is 1. The van der Waals surface area contributed by atoms with E-state index in [9.17, 15) is 13.2 Å². The normalized spacial score (nSPS) is 16.3. The van der Waals surface area contributed by atoms with Gasteiger partial charge in [-0.1, -0.05) is 71.8 Å². The Labute approximate surface area is 200 Å². The molecule has 0 aliphatic carbocycles. The molecule has 0 saturated carbocycles. The molecule has 33 heavy (non-hydrogen) atoms. The molecule has 172 valence electrons. The largest absolute Gasteiger partial charge is 0.345 e. The number of halogens is 1. The third-order valence-electron chi connectivity index (χ3n) is 6.11. The zero-order valence-corrected chi connectivity index (χ0v) is 20.0. The van der Waals surface area contributed by atoms with Crippen molar-refractivity contribution in [1.29, 1.82) is 0 Å². The molecule has 1 aliphatic rings. The van der Waals surface area contributed by atoms with E-state index in [0.717, 1.165) is 16.7 Å². The van der Waals surface area contributed by atoms with Gasteiger partial charge in [0.25, 0.3) is 0 Å². The van der Waals surface area contributed by atoms with Gasteiger partial charge in [-0.2, -0.15) is 4.31 Å². The van der Waals surface area contributed by atoms with E-state index >= 15 is 0 Å². The molecule has 0 unspecified atom stereocenters. The SMILES string of the molecule is Cc1ccc([C@@H](NC(=O)C2CCN(S(=O)(=O)c3ccc(Cl)cc3)CC2)c2ccccc2)cc1. The Balaban J connectivity index is 1.45. The van der Waals surface area contributed by atoms with Crippen molar-refractivity contribution in [2.75, 3.05) is 13.1 Å². The molecule has 4 rings (SSSR count). The summed E-state index contributed by atoms with van der Waals surface area (Å²) in [7, 11) is -3.60. The number of amides is 1. The molecule has 7 heteroatoms. The first-order valence-corrected chi connectivity index (χ1v) is 12.8. The molecular formula is C26H27ClN2O3S. The molecule has 1 fully saturated rings. The van der Waals surface area contributed by atoms with Crippen molar-refractivity contribution in [1.82, 2.24) is 9.62 Å². The van der Waals surface area contributed by atoms with Crippen molar-refractivity contribution in [2.45, 2.75) is 30.7 Å². The Morgan fingerprint density at radius 2 is 1.48 bits per heavy atom. The zero-order valence-electron chi connectivity index (χ0n) is 18.4. The highest BCUT2D eigenvalue weighted by atomic mass is 35.5. The molecular weight excluding hydrogens is 456 g/mol. The molecule has 1 amide bonds. The topological polar surface area (TPSA) is 66.5 Å². The minimum Gasteiger partial charge on any atom is -0.345 e. The van der Waals surface area contributed by atoms with E-state index in [1.165, 1.54) is 16.4 Å². The summed E-state index contributed by atoms with van der Waals surface area (Å²) in [4.78, 5) is 13.4. The molecule has 5 nitrogen and oxygen atoms in total. The fourth-order valence-corrected chi connectivity index (χ4v) is 5.73. The van der Waals surface area contributed by atoms with Gasteiger partial charge in [-0.3, -0.25) is 4.79 Å². The van der Waals surface area contributed by atoms with E-state index in [4.69, 9.17) is 11.6 Å². The number of hydrogen-bond donors (Lipinski definition) is 1. The summed E-state index contributed by atoms with van der Waals surface area (Å²) < 4.78 is 27.3. The fourth-order valence-electron chi connectivity index (χ4n) is 4.14. The molecule has 3 aromatic carbocycles. The Morgan fingerprint density at radius 1 is 0.909 bits per heavy atom. The monoisotopic (exact) mass is 482 g/mol. The van der Waals surface area contributed by atoms with Gasteiger partial charge in [-0.25, -0.2) is 8.42 Å². The van der Waals surface area contributed by atoms with Crippen LogP contribution in [0.25, 0.3) is 0 Å². The third-order valence-corrected chi connectivity index (χ3v) is 8.27. The van der Waals surface area contributed by atoms with Gasteiger partial charge in [-0.15, -0.1) is 0 Å². The van der Waals surface area contributed by atoms with E-state index in [0.29, 0.717) is 31.0 Å². The number of carbonyl (C=O) groups is 1. The Bertz CT molecular complexity index is 1190. The predicted octanol–water partition coefficient (Wildman–Crippen LogP) is 4.95. The van der Waals surface area contributed by atoms with E-state index < -0.39 is 10.0 Å². The molecule has 1 atom stereocenters. The molecule has 1 N–H and O–H groups in total.